The van der Waals surface area contributed by atoms with Gasteiger partial charge in [-0.3, -0.25) is 0 Å². The molecule has 0 atom stereocenters. The molecule has 0 aromatic rings. The first-order valence-corrected chi connectivity index (χ1v) is 4.25. The van der Waals surface area contributed by atoms with Gasteiger partial charge in [0.1, 0.15) is 0 Å². The van der Waals surface area contributed by atoms with Gasteiger partial charge in [0.15, 0.2) is 0 Å². The molecule has 0 aliphatic carbocycles. The van der Waals surface area contributed by atoms with Crippen LogP contribution in [0.15, 0.2) is 23.7 Å². The Morgan fingerprint density at radius 2 is 1.62 bits per heavy atom. The van der Waals surface area contributed by atoms with Crippen LogP contribution in [0.1, 0.15) is 0 Å². The minimum Gasteiger partial charge on any atom is -0.102 e. The molecular weight excluding hydrogens is 258 g/mol. The van der Waals surface area contributed by atoms with E-state index < -0.39 is 0 Å². The van der Waals surface area contributed by atoms with Crippen LogP contribution < -0.4 is 0 Å². The average molecular weight is 265 g/mol. The minimum absolute atomic E-state index is 1.05. The molecule has 0 saturated heterocycles. The second kappa shape index (κ2) is 15.7. The molecular formula is C5H7Cl2I. The van der Waals surface area contributed by atoms with Crippen molar-refractivity contribution in [2.45, 2.75) is 0 Å². The highest BCUT2D eigenvalue weighted by molar-refractivity contribution is 14.1. The van der Waals surface area contributed by atoms with Crippen LogP contribution in [0.3, 0.4) is 0 Å². The van der Waals surface area contributed by atoms with E-state index >= 15 is 0 Å². The predicted molar refractivity (Wildman–Crippen MR) is 49.9 cm³/mol. The average Bonchev–Trinajstić information content (AvgIpc) is 1.88. The van der Waals surface area contributed by atoms with E-state index in [4.69, 9.17) is 23.2 Å². The van der Waals surface area contributed by atoms with Gasteiger partial charge in [0.05, 0.1) is 0 Å². The molecule has 0 aromatic carbocycles. The van der Waals surface area contributed by atoms with E-state index in [9.17, 15) is 0 Å². The van der Waals surface area contributed by atoms with Crippen LogP contribution in [-0.2, 0) is 0 Å². The molecule has 0 unspecified atom stereocenters. The molecule has 0 saturated carbocycles. The Morgan fingerprint density at radius 3 is 1.62 bits per heavy atom. The van der Waals surface area contributed by atoms with Crippen LogP contribution in [0.25, 0.3) is 0 Å². The topological polar surface area (TPSA) is 0 Å². The van der Waals surface area contributed by atoms with E-state index in [1.165, 1.54) is 11.1 Å². The maximum absolute atomic E-state index is 4.87. The number of alkyl halides is 1. The molecule has 0 bridgehead atoms. The third-order valence-corrected chi connectivity index (χ3v) is 1.16. The molecule has 0 aliphatic heterocycles. The summed E-state index contributed by atoms with van der Waals surface area (Å²) < 4.78 is 1.05. The molecule has 0 amide bonds. The minimum atomic E-state index is 1.05. The zero-order chi connectivity index (χ0) is 6.83. The fourth-order valence-electron chi connectivity index (χ4n) is 0. The normalized spacial score (nSPS) is 7.88. The van der Waals surface area contributed by atoms with Crippen molar-refractivity contribution in [3.63, 3.8) is 0 Å². The second-order valence-corrected chi connectivity index (χ2v) is 2.08. The maximum atomic E-state index is 4.87. The summed E-state index contributed by atoms with van der Waals surface area (Å²) in [5.41, 5.74) is 2.48. The van der Waals surface area contributed by atoms with Crippen molar-refractivity contribution in [1.82, 2.24) is 0 Å². The standard InChI is InChI=1S/C3H5I.C2H2Cl2/c1-2-3-4;3-1-2-4/h2H,1,3H2;1-2H/b;2-1+. The summed E-state index contributed by atoms with van der Waals surface area (Å²) in [6, 6.07) is 0. The largest absolute Gasteiger partial charge is 0.102 e. The second-order valence-electron chi connectivity index (χ2n) is 0.695. The molecule has 0 spiro atoms. The number of allylic oxidation sites excluding steroid dienone is 1. The first-order chi connectivity index (χ1) is 3.83. The third-order valence-electron chi connectivity index (χ3n) is 0.157. The van der Waals surface area contributed by atoms with Gasteiger partial charge in [-0.1, -0.05) is 51.9 Å². The molecule has 0 aromatic heterocycles. The lowest BCUT2D eigenvalue weighted by Crippen LogP contribution is -1.43. The van der Waals surface area contributed by atoms with Crippen molar-refractivity contribution < 1.29 is 0 Å². The van der Waals surface area contributed by atoms with Crippen molar-refractivity contribution >= 4 is 45.8 Å². The molecule has 0 nitrogen and oxygen atoms in total. The van der Waals surface area contributed by atoms with Gasteiger partial charge in [0, 0.05) is 15.5 Å². The van der Waals surface area contributed by atoms with E-state index in [2.05, 4.69) is 29.2 Å². The molecule has 0 N–H and O–H groups in total. The van der Waals surface area contributed by atoms with Crippen LogP contribution in [0.4, 0.5) is 0 Å². The molecule has 3 heteroatoms. The monoisotopic (exact) mass is 264 g/mol. The van der Waals surface area contributed by atoms with Gasteiger partial charge in [-0.15, -0.1) is 6.58 Å². The summed E-state index contributed by atoms with van der Waals surface area (Å²) >= 11 is 12.0. The number of halogens is 3. The number of hydrogen-bond donors (Lipinski definition) is 0. The lowest BCUT2D eigenvalue weighted by Gasteiger charge is -1.55. The summed E-state index contributed by atoms with van der Waals surface area (Å²) in [6.45, 7) is 3.47. The lowest BCUT2D eigenvalue weighted by molar-refractivity contribution is 1.90. The highest BCUT2D eigenvalue weighted by Gasteiger charge is 1.47. The first-order valence-electron chi connectivity index (χ1n) is 1.85. The van der Waals surface area contributed by atoms with Crippen molar-refractivity contribution in [2.24, 2.45) is 0 Å². The van der Waals surface area contributed by atoms with Crippen LogP contribution in [0.5, 0.6) is 0 Å². The van der Waals surface area contributed by atoms with Crippen molar-refractivity contribution in [2.75, 3.05) is 4.43 Å². The summed E-state index contributed by atoms with van der Waals surface area (Å²) in [7, 11) is 0. The molecule has 0 aliphatic rings. The van der Waals surface area contributed by atoms with Crippen molar-refractivity contribution in [3.8, 4) is 0 Å². The van der Waals surface area contributed by atoms with Crippen LogP contribution >= 0.6 is 45.8 Å². The van der Waals surface area contributed by atoms with Gasteiger partial charge in [0.25, 0.3) is 0 Å². The van der Waals surface area contributed by atoms with Gasteiger partial charge in [0.2, 0.25) is 0 Å². The van der Waals surface area contributed by atoms with Crippen molar-refractivity contribution in [3.05, 3.63) is 23.7 Å². The Labute approximate surface area is 73.7 Å². The van der Waals surface area contributed by atoms with E-state index in [0.717, 1.165) is 4.43 Å². The highest BCUT2D eigenvalue weighted by Crippen LogP contribution is 1.78. The Hall–Kier alpha value is 0.790. The summed E-state index contributed by atoms with van der Waals surface area (Å²) in [5, 5.41) is 0. The Kier molecular flexibility index (Phi) is 22.6. The molecule has 48 valence electrons. The molecule has 0 fully saturated rings. The third kappa shape index (κ3) is 29.2. The van der Waals surface area contributed by atoms with Gasteiger partial charge >= 0.3 is 0 Å². The zero-order valence-corrected chi connectivity index (χ0v) is 7.95. The molecule has 0 radical (unpaired) electrons. The Morgan fingerprint density at radius 1 is 1.38 bits per heavy atom. The van der Waals surface area contributed by atoms with Crippen LogP contribution in [-0.4, -0.2) is 4.43 Å². The highest BCUT2D eigenvalue weighted by atomic mass is 127. The predicted octanol–water partition coefficient (Wildman–Crippen LogP) is 3.54. The smallest absolute Gasteiger partial charge is 0.0173 e. The van der Waals surface area contributed by atoms with Gasteiger partial charge < -0.3 is 0 Å². The van der Waals surface area contributed by atoms with E-state index in [1.807, 2.05) is 6.08 Å². The van der Waals surface area contributed by atoms with Gasteiger partial charge in [-0.05, 0) is 0 Å². The SMILES string of the molecule is C=CCI.Cl/C=C/Cl. The van der Waals surface area contributed by atoms with Gasteiger partial charge in [-0.25, -0.2) is 0 Å². The summed E-state index contributed by atoms with van der Waals surface area (Å²) in [5.74, 6) is 0. The molecule has 0 rings (SSSR count). The summed E-state index contributed by atoms with van der Waals surface area (Å²) in [4.78, 5) is 0. The fraction of sp³-hybridized carbons (Fsp3) is 0.200. The fourth-order valence-corrected chi connectivity index (χ4v) is 0. The zero-order valence-electron chi connectivity index (χ0n) is 4.28. The molecule has 8 heavy (non-hydrogen) atoms. The van der Waals surface area contributed by atoms with E-state index in [0.29, 0.717) is 0 Å². The lowest BCUT2D eigenvalue weighted by atomic mass is 10.8. The first kappa shape index (κ1) is 11.6. The number of rotatable bonds is 1. The maximum Gasteiger partial charge on any atom is 0.0173 e. The van der Waals surface area contributed by atoms with E-state index in [1.54, 1.807) is 0 Å². The van der Waals surface area contributed by atoms with Gasteiger partial charge in [-0.2, -0.15) is 0 Å². The Bertz CT molecular complexity index is 57.4. The van der Waals surface area contributed by atoms with Crippen LogP contribution in [0, 0.1) is 0 Å². The quantitative estimate of drug-likeness (QED) is 0.386. The summed E-state index contributed by atoms with van der Waals surface area (Å²) in [6.07, 6.45) is 1.86. The Balaban J connectivity index is 0. The molecule has 0 heterocycles. The number of hydrogen-bond acceptors (Lipinski definition) is 0. The van der Waals surface area contributed by atoms with Crippen molar-refractivity contribution in [1.29, 1.82) is 0 Å². The van der Waals surface area contributed by atoms with E-state index in [-0.39, 0.29) is 0 Å². The van der Waals surface area contributed by atoms with Crippen LogP contribution in [0.2, 0.25) is 0 Å².